The molecule has 0 amide bonds. The summed E-state index contributed by atoms with van der Waals surface area (Å²) in [5.41, 5.74) is 1.01. The van der Waals surface area contributed by atoms with Crippen LogP contribution in [0.15, 0.2) is 33.9 Å². The van der Waals surface area contributed by atoms with Crippen LogP contribution in [-0.2, 0) is 6.54 Å². The van der Waals surface area contributed by atoms with Gasteiger partial charge in [-0.25, -0.2) is 9.37 Å². The number of anilines is 1. The number of pyridine rings is 1. The Labute approximate surface area is 165 Å². The molecule has 3 rings (SSSR count). The molecule has 1 saturated heterocycles. The van der Waals surface area contributed by atoms with Crippen LogP contribution >= 0.6 is 0 Å². The number of hydrogen-bond donors (Lipinski definition) is 2. The van der Waals surface area contributed by atoms with Crippen molar-refractivity contribution < 1.29 is 8.91 Å². The van der Waals surface area contributed by atoms with Crippen molar-refractivity contribution in [1.29, 1.82) is 0 Å². The Morgan fingerprint density at radius 2 is 2.25 bits per heavy atom. The Bertz CT molecular complexity index is 789. The van der Waals surface area contributed by atoms with Crippen LogP contribution in [0, 0.1) is 5.82 Å². The fourth-order valence-electron chi connectivity index (χ4n) is 3.55. The molecule has 0 saturated carbocycles. The lowest BCUT2D eigenvalue weighted by atomic mass is 9.99. The van der Waals surface area contributed by atoms with Crippen molar-refractivity contribution in [2.24, 2.45) is 4.99 Å². The van der Waals surface area contributed by atoms with Gasteiger partial charge in [-0.15, -0.1) is 0 Å². The van der Waals surface area contributed by atoms with Gasteiger partial charge in [0.15, 0.2) is 23.4 Å². The van der Waals surface area contributed by atoms with Gasteiger partial charge in [0.1, 0.15) is 0 Å². The van der Waals surface area contributed by atoms with Crippen LogP contribution in [0.25, 0.3) is 0 Å². The largest absolute Gasteiger partial charge is 0.359 e. The summed E-state index contributed by atoms with van der Waals surface area (Å²) in [5, 5.41) is 10.8. The fraction of sp³-hybridized carbons (Fsp3) is 0.550. The monoisotopic (exact) mass is 388 g/mol. The summed E-state index contributed by atoms with van der Waals surface area (Å²) in [4.78, 5) is 10.4. The minimum absolute atomic E-state index is 0.169. The van der Waals surface area contributed by atoms with E-state index in [1.807, 2.05) is 11.0 Å². The highest BCUT2D eigenvalue weighted by Gasteiger charge is 2.26. The maximum absolute atomic E-state index is 13.9. The molecule has 3 heterocycles. The number of aliphatic imine (C=N–C) groups is 1. The molecule has 152 valence electrons. The van der Waals surface area contributed by atoms with Crippen molar-refractivity contribution in [3.05, 3.63) is 41.7 Å². The summed E-state index contributed by atoms with van der Waals surface area (Å²) >= 11 is 0. The molecule has 7 nitrogen and oxygen atoms in total. The molecule has 1 aliphatic heterocycles. The lowest BCUT2D eigenvalue weighted by Crippen LogP contribution is -2.44. The van der Waals surface area contributed by atoms with Gasteiger partial charge in [0.2, 0.25) is 0 Å². The number of rotatable bonds is 7. The normalized spacial score (nSPS) is 17.4. The Hall–Kier alpha value is -2.64. The molecule has 2 N–H and O–H groups in total. The number of guanidine groups is 1. The number of nitrogens with zero attached hydrogens (tertiary/aromatic N) is 4. The van der Waals surface area contributed by atoms with Crippen molar-refractivity contribution >= 4 is 11.8 Å². The van der Waals surface area contributed by atoms with E-state index in [1.54, 1.807) is 19.3 Å². The molecular formula is C20H29FN6O. The molecule has 8 heteroatoms. The Balaban J connectivity index is 1.51. The average molecular weight is 388 g/mol. The predicted octanol–water partition coefficient (Wildman–Crippen LogP) is 3.06. The SMILES string of the molecule is CCC(CC)c1cc(CNC(=NC)NC2CCN(c3ncccc3F)C2)on1. The first-order valence-corrected chi connectivity index (χ1v) is 9.92. The smallest absolute Gasteiger partial charge is 0.191 e. The highest BCUT2D eigenvalue weighted by atomic mass is 19.1. The second-order valence-corrected chi connectivity index (χ2v) is 7.04. The molecule has 0 radical (unpaired) electrons. The lowest BCUT2D eigenvalue weighted by Gasteiger charge is -2.19. The van der Waals surface area contributed by atoms with E-state index in [1.165, 1.54) is 6.07 Å². The van der Waals surface area contributed by atoms with E-state index in [0.717, 1.165) is 37.3 Å². The van der Waals surface area contributed by atoms with Crippen LogP contribution in [-0.4, -0.2) is 42.3 Å². The van der Waals surface area contributed by atoms with E-state index in [2.05, 4.69) is 39.6 Å². The first-order chi connectivity index (χ1) is 13.6. The van der Waals surface area contributed by atoms with Crippen molar-refractivity contribution in [1.82, 2.24) is 20.8 Å². The third-order valence-corrected chi connectivity index (χ3v) is 5.20. The number of aromatic nitrogens is 2. The predicted molar refractivity (Wildman–Crippen MR) is 108 cm³/mol. The summed E-state index contributed by atoms with van der Waals surface area (Å²) in [6.45, 7) is 6.26. The summed E-state index contributed by atoms with van der Waals surface area (Å²) in [6.07, 6.45) is 4.60. The molecule has 1 fully saturated rings. The van der Waals surface area contributed by atoms with Gasteiger partial charge in [0.05, 0.1) is 12.2 Å². The highest BCUT2D eigenvalue weighted by Crippen LogP contribution is 2.22. The van der Waals surface area contributed by atoms with Gasteiger partial charge in [-0.05, 0) is 31.4 Å². The third kappa shape index (κ3) is 4.79. The minimum atomic E-state index is -0.288. The molecule has 1 unspecified atom stereocenters. The minimum Gasteiger partial charge on any atom is -0.359 e. The highest BCUT2D eigenvalue weighted by molar-refractivity contribution is 5.80. The second-order valence-electron chi connectivity index (χ2n) is 7.04. The number of nitrogens with one attached hydrogen (secondary N) is 2. The molecule has 1 atom stereocenters. The van der Waals surface area contributed by atoms with Crippen LogP contribution in [0.3, 0.4) is 0 Å². The van der Waals surface area contributed by atoms with Crippen LogP contribution in [0.1, 0.15) is 50.5 Å². The zero-order valence-corrected chi connectivity index (χ0v) is 16.8. The summed E-state index contributed by atoms with van der Waals surface area (Å²) in [7, 11) is 1.73. The standard InChI is InChI=1S/C20H29FN6O/c1-4-14(5-2)18-11-16(28-26-18)12-24-20(22-3)25-15-8-10-27(13-15)19-17(21)7-6-9-23-19/h6-7,9,11,14-15H,4-5,8,10,12-13H2,1-3H3,(H2,22,24,25). The van der Waals surface area contributed by atoms with Gasteiger partial charge < -0.3 is 20.1 Å². The third-order valence-electron chi connectivity index (χ3n) is 5.20. The van der Waals surface area contributed by atoms with Gasteiger partial charge in [-0.3, -0.25) is 4.99 Å². The van der Waals surface area contributed by atoms with Gasteiger partial charge in [0, 0.05) is 44.4 Å². The molecule has 0 spiro atoms. The lowest BCUT2D eigenvalue weighted by molar-refractivity contribution is 0.368. The van der Waals surface area contributed by atoms with E-state index in [9.17, 15) is 4.39 Å². The molecule has 2 aromatic heterocycles. The van der Waals surface area contributed by atoms with Crippen molar-refractivity contribution in [2.45, 2.75) is 51.6 Å². The van der Waals surface area contributed by atoms with E-state index >= 15 is 0 Å². The zero-order chi connectivity index (χ0) is 19.9. The second kappa shape index (κ2) is 9.52. The fourth-order valence-corrected chi connectivity index (χ4v) is 3.55. The van der Waals surface area contributed by atoms with Crippen LogP contribution < -0.4 is 15.5 Å². The molecule has 0 bridgehead atoms. The van der Waals surface area contributed by atoms with E-state index < -0.39 is 0 Å². The molecular weight excluding hydrogens is 359 g/mol. The maximum atomic E-state index is 13.9. The van der Waals surface area contributed by atoms with Crippen molar-refractivity contribution in [3.8, 4) is 0 Å². The summed E-state index contributed by atoms with van der Waals surface area (Å²) in [5.74, 6) is 2.03. The molecule has 28 heavy (non-hydrogen) atoms. The Kier molecular flexibility index (Phi) is 6.84. The van der Waals surface area contributed by atoms with Crippen LogP contribution in [0.5, 0.6) is 0 Å². The van der Waals surface area contributed by atoms with E-state index in [-0.39, 0.29) is 11.9 Å². The molecule has 0 aromatic carbocycles. The first-order valence-electron chi connectivity index (χ1n) is 9.92. The quantitative estimate of drug-likeness (QED) is 0.561. The van der Waals surface area contributed by atoms with Gasteiger partial charge in [0.25, 0.3) is 0 Å². The van der Waals surface area contributed by atoms with Crippen LogP contribution in [0.4, 0.5) is 10.2 Å². The van der Waals surface area contributed by atoms with Gasteiger partial charge in [-0.2, -0.15) is 0 Å². The number of halogens is 1. The van der Waals surface area contributed by atoms with E-state index in [0.29, 0.717) is 30.8 Å². The van der Waals surface area contributed by atoms with Gasteiger partial charge >= 0.3 is 0 Å². The Morgan fingerprint density at radius 3 is 2.96 bits per heavy atom. The zero-order valence-electron chi connectivity index (χ0n) is 16.8. The summed E-state index contributed by atoms with van der Waals surface area (Å²) in [6, 6.07) is 5.23. The summed E-state index contributed by atoms with van der Waals surface area (Å²) < 4.78 is 19.4. The topological polar surface area (TPSA) is 78.6 Å². The van der Waals surface area contributed by atoms with Crippen molar-refractivity contribution in [2.75, 3.05) is 25.0 Å². The molecule has 2 aromatic rings. The first kappa shape index (κ1) is 20.1. The average Bonchev–Trinajstić information content (AvgIpc) is 3.36. The maximum Gasteiger partial charge on any atom is 0.191 e. The van der Waals surface area contributed by atoms with Gasteiger partial charge in [-0.1, -0.05) is 19.0 Å². The van der Waals surface area contributed by atoms with E-state index in [4.69, 9.17) is 4.52 Å². The molecule has 1 aliphatic rings. The van der Waals surface area contributed by atoms with Crippen molar-refractivity contribution in [3.63, 3.8) is 0 Å². The number of hydrogen-bond acceptors (Lipinski definition) is 5. The van der Waals surface area contributed by atoms with Crippen LogP contribution in [0.2, 0.25) is 0 Å². The molecule has 0 aliphatic carbocycles. The Morgan fingerprint density at radius 1 is 1.43 bits per heavy atom.